The minimum absolute atomic E-state index is 0.0654. The SMILES string of the molecule is Cc1nc(NC(=O)N2C[C@H](O)C[C@H]2C(N)=O)sc1-c1ccnc(C(C)(C)C)c1. The number of pyridine rings is 1. The molecule has 2 atom stereocenters. The number of rotatable bonds is 3. The molecule has 0 saturated carbocycles. The summed E-state index contributed by atoms with van der Waals surface area (Å²) in [5, 5.41) is 12.9. The molecule has 3 heterocycles. The lowest BCUT2D eigenvalue weighted by molar-refractivity contribution is -0.121. The Morgan fingerprint density at radius 3 is 2.75 bits per heavy atom. The van der Waals surface area contributed by atoms with E-state index in [9.17, 15) is 14.7 Å². The lowest BCUT2D eigenvalue weighted by atomic mass is 9.90. The number of nitrogens with zero attached hydrogens (tertiary/aromatic N) is 3. The van der Waals surface area contributed by atoms with E-state index in [-0.39, 0.29) is 18.4 Å². The number of nitrogens with one attached hydrogen (secondary N) is 1. The van der Waals surface area contributed by atoms with E-state index in [0.29, 0.717) is 5.13 Å². The van der Waals surface area contributed by atoms with Crippen LogP contribution in [-0.2, 0) is 10.2 Å². The zero-order valence-electron chi connectivity index (χ0n) is 16.4. The molecule has 28 heavy (non-hydrogen) atoms. The first-order valence-electron chi connectivity index (χ1n) is 9.05. The summed E-state index contributed by atoms with van der Waals surface area (Å²) in [7, 11) is 0. The van der Waals surface area contributed by atoms with Crippen molar-refractivity contribution in [1.29, 1.82) is 0 Å². The van der Waals surface area contributed by atoms with Gasteiger partial charge in [-0.2, -0.15) is 0 Å². The van der Waals surface area contributed by atoms with Crippen molar-refractivity contribution in [2.24, 2.45) is 5.73 Å². The summed E-state index contributed by atoms with van der Waals surface area (Å²) >= 11 is 1.35. The van der Waals surface area contributed by atoms with Gasteiger partial charge in [-0.05, 0) is 24.6 Å². The Morgan fingerprint density at radius 1 is 1.39 bits per heavy atom. The number of anilines is 1. The molecule has 2 aromatic heterocycles. The van der Waals surface area contributed by atoms with Crippen molar-refractivity contribution in [1.82, 2.24) is 14.9 Å². The molecular formula is C19H25N5O3S. The number of amides is 3. The standard InChI is InChI=1S/C19H25N5O3S/c1-10-15(11-5-6-21-14(7-11)19(2,3)4)28-17(22-10)23-18(27)24-9-12(25)8-13(24)16(20)26/h5-7,12-13,25H,8-9H2,1-4H3,(H2,20,26)(H,22,23,27)/t12-,13+/m1/s1. The van der Waals surface area contributed by atoms with Crippen LogP contribution in [-0.4, -0.2) is 50.6 Å². The van der Waals surface area contributed by atoms with Crippen molar-refractivity contribution in [2.75, 3.05) is 11.9 Å². The van der Waals surface area contributed by atoms with E-state index >= 15 is 0 Å². The van der Waals surface area contributed by atoms with Gasteiger partial charge in [-0.1, -0.05) is 32.1 Å². The van der Waals surface area contributed by atoms with Crippen LogP contribution in [0.1, 0.15) is 38.6 Å². The van der Waals surface area contributed by atoms with Crippen LogP contribution >= 0.6 is 11.3 Å². The zero-order chi connectivity index (χ0) is 20.6. The van der Waals surface area contributed by atoms with Crippen LogP contribution in [0.3, 0.4) is 0 Å². The van der Waals surface area contributed by atoms with E-state index in [1.165, 1.54) is 16.2 Å². The monoisotopic (exact) mass is 403 g/mol. The van der Waals surface area contributed by atoms with Crippen LogP contribution in [0, 0.1) is 6.92 Å². The van der Waals surface area contributed by atoms with Crippen LogP contribution < -0.4 is 11.1 Å². The second-order valence-electron chi connectivity index (χ2n) is 8.00. The minimum Gasteiger partial charge on any atom is -0.391 e. The first-order chi connectivity index (χ1) is 13.1. The first kappa shape index (κ1) is 20.2. The third-order valence-electron chi connectivity index (χ3n) is 4.67. The molecule has 3 rings (SSSR count). The van der Waals surface area contributed by atoms with Crippen LogP contribution in [0.15, 0.2) is 18.3 Å². The van der Waals surface area contributed by atoms with Gasteiger partial charge in [0.1, 0.15) is 6.04 Å². The molecule has 4 N–H and O–H groups in total. The summed E-state index contributed by atoms with van der Waals surface area (Å²) in [5.74, 6) is -0.630. The molecule has 9 heteroatoms. The van der Waals surface area contributed by atoms with Crippen molar-refractivity contribution in [3.63, 3.8) is 0 Å². The van der Waals surface area contributed by atoms with Crippen molar-refractivity contribution >= 4 is 28.4 Å². The predicted octanol–water partition coefficient (Wildman–Crippen LogP) is 2.26. The molecule has 2 aromatic rings. The normalized spacial score (nSPS) is 19.7. The Balaban J connectivity index is 1.81. The smallest absolute Gasteiger partial charge is 0.324 e. The van der Waals surface area contributed by atoms with Gasteiger partial charge in [-0.25, -0.2) is 9.78 Å². The van der Waals surface area contributed by atoms with E-state index in [2.05, 4.69) is 36.1 Å². The highest BCUT2D eigenvalue weighted by atomic mass is 32.1. The topological polar surface area (TPSA) is 121 Å². The maximum Gasteiger partial charge on any atom is 0.324 e. The third kappa shape index (κ3) is 4.15. The first-order valence-corrected chi connectivity index (χ1v) is 9.87. The second-order valence-corrected chi connectivity index (χ2v) is 9.00. The number of β-amino-alcohol motifs (C(OH)–C–C–N with tert-alkyl or cyclic N) is 1. The number of carbonyl (C=O) groups is 2. The number of aryl methyl sites for hydroxylation is 1. The lowest BCUT2D eigenvalue weighted by Gasteiger charge is -2.21. The summed E-state index contributed by atoms with van der Waals surface area (Å²) in [6.45, 7) is 8.25. The molecule has 8 nitrogen and oxygen atoms in total. The Hall–Kier alpha value is -2.52. The van der Waals surface area contributed by atoms with Gasteiger partial charge in [0.2, 0.25) is 5.91 Å². The largest absolute Gasteiger partial charge is 0.391 e. The fourth-order valence-electron chi connectivity index (χ4n) is 3.17. The number of hydrogen-bond donors (Lipinski definition) is 3. The lowest BCUT2D eigenvalue weighted by Crippen LogP contribution is -2.45. The Morgan fingerprint density at radius 2 is 2.11 bits per heavy atom. The fourth-order valence-corrected chi connectivity index (χ4v) is 4.12. The average molecular weight is 404 g/mol. The van der Waals surface area contributed by atoms with Gasteiger partial charge >= 0.3 is 6.03 Å². The highest BCUT2D eigenvalue weighted by Gasteiger charge is 2.38. The van der Waals surface area contributed by atoms with E-state index < -0.39 is 24.1 Å². The third-order valence-corrected chi connectivity index (χ3v) is 5.79. The Bertz CT molecular complexity index is 905. The molecule has 0 bridgehead atoms. The summed E-state index contributed by atoms with van der Waals surface area (Å²) in [5.41, 5.74) is 8.02. The van der Waals surface area contributed by atoms with Gasteiger partial charge in [0.25, 0.3) is 0 Å². The second kappa shape index (κ2) is 7.48. The minimum atomic E-state index is -0.815. The highest BCUT2D eigenvalue weighted by molar-refractivity contribution is 7.19. The van der Waals surface area contributed by atoms with Gasteiger partial charge in [0.15, 0.2) is 5.13 Å². The fraction of sp³-hybridized carbons (Fsp3) is 0.474. The molecule has 1 saturated heterocycles. The number of nitrogens with two attached hydrogens (primary N) is 1. The highest BCUT2D eigenvalue weighted by Crippen LogP contribution is 2.34. The number of urea groups is 1. The van der Waals surface area contributed by atoms with E-state index in [4.69, 9.17) is 5.73 Å². The van der Waals surface area contributed by atoms with Crippen LogP contribution in [0.25, 0.3) is 10.4 Å². The maximum absolute atomic E-state index is 12.6. The number of primary amides is 1. The maximum atomic E-state index is 12.6. The molecule has 1 aliphatic heterocycles. The van der Waals surface area contributed by atoms with Crippen molar-refractivity contribution < 1.29 is 14.7 Å². The molecule has 0 radical (unpaired) electrons. The molecule has 1 fully saturated rings. The number of carbonyl (C=O) groups excluding carboxylic acids is 2. The Labute approximate surface area is 167 Å². The molecule has 0 aliphatic carbocycles. The van der Waals surface area contributed by atoms with Gasteiger partial charge in [0, 0.05) is 30.3 Å². The number of thiazole rings is 1. The van der Waals surface area contributed by atoms with Gasteiger partial charge in [-0.15, -0.1) is 0 Å². The van der Waals surface area contributed by atoms with Crippen molar-refractivity contribution in [3.8, 4) is 10.4 Å². The molecule has 1 aliphatic rings. The van der Waals surface area contributed by atoms with Crippen molar-refractivity contribution in [2.45, 2.75) is 51.7 Å². The molecule has 3 amide bonds. The van der Waals surface area contributed by atoms with Crippen LogP contribution in [0.2, 0.25) is 0 Å². The molecular weight excluding hydrogens is 378 g/mol. The van der Waals surface area contributed by atoms with Gasteiger partial charge in [-0.3, -0.25) is 15.1 Å². The number of aliphatic hydroxyl groups is 1. The summed E-state index contributed by atoms with van der Waals surface area (Å²) in [4.78, 5) is 35.2. The van der Waals surface area contributed by atoms with Crippen molar-refractivity contribution in [3.05, 3.63) is 29.7 Å². The Kier molecular flexibility index (Phi) is 5.40. The zero-order valence-corrected chi connectivity index (χ0v) is 17.2. The average Bonchev–Trinajstić information content (AvgIpc) is 3.17. The van der Waals surface area contributed by atoms with E-state index in [1.54, 1.807) is 6.20 Å². The van der Waals surface area contributed by atoms with Gasteiger partial charge < -0.3 is 15.7 Å². The molecule has 150 valence electrons. The van der Waals surface area contributed by atoms with E-state index in [0.717, 1.165) is 21.8 Å². The number of hydrogen-bond acceptors (Lipinski definition) is 6. The molecule has 0 aromatic carbocycles. The predicted molar refractivity (Wildman–Crippen MR) is 108 cm³/mol. The van der Waals surface area contributed by atoms with Crippen LogP contribution in [0.5, 0.6) is 0 Å². The quantitative estimate of drug-likeness (QED) is 0.726. The van der Waals surface area contributed by atoms with E-state index in [1.807, 2.05) is 19.1 Å². The molecule has 0 unspecified atom stereocenters. The summed E-state index contributed by atoms with van der Waals surface area (Å²) in [6.07, 6.45) is 1.16. The number of likely N-dealkylation sites (tertiary alicyclic amines) is 1. The summed E-state index contributed by atoms with van der Waals surface area (Å²) in [6, 6.07) is 2.64. The van der Waals surface area contributed by atoms with Gasteiger partial charge in [0.05, 0.1) is 16.7 Å². The number of aliphatic hydroxyl groups excluding tert-OH is 1. The molecule has 0 spiro atoms. The van der Waals surface area contributed by atoms with Crippen LogP contribution in [0.4, 0.5) is 9.93 Å². The summed E-state index contributed by atoms with van der Waals surface area (Å²) < 4.78 is 0. The number of aromatic nitrogens is 2.